The quantitative estimate of drug-likeness (QED) is 0.634. The Hall–Kier alpha value is -3.04. The van der Waals surface area contributed by atoms with Crippen LogP contribution in [0.5, 0.6) is 5.75 Å². The predicted octanol–water partition coefficient (Wildman–Crippen LogP) is 3.77. The molecule has 0 aliphatic carbocycles. The van der Waals surface area contributed by atoms with Gasteiger partial charge in [0.2, 0.25) is 5.88 Å². The molecule has 0 amide bonds. The van der Waals surface area contributed by atoms with Crippen molar-refractivity contribution in [1.82, 2.24) is 0 Å². The maximum atomic E-state index is 12.7. The van der Waals surface area contributed by atoms with Gasteiger partial charge in [0.25, 0.3) is 0 Å². The summed E-state index contributed by atoms with van der Waals surface area (Å²) in [6.45, 7) is 0. The van der Waals surface area contributed by atoms with E-state index in [1.165, 1.54) is 0 Å². The summed E-state index contributed by atoms with van der Waals surface area (Å²) in [7, 11) is 0. The summed E-state index contributed by atoms with van der Waals surface area (Å²) in [4.78, 5) is 12.7. The molecular weight excluding hydrogens is 384 g/mol. The molecule has 1 atom stereocenters. The van der Waals surface area contributed by atoms with Gasteiger partial charge in [-0.1, -0.05) is 40.2 Å². The van der Waals surface area contributed by atoms with Gasteiger partial charge in [-0.15, -0.1) is 0 Å². The lowest BCUT2D eigenvalue weighted by atomic mass is 9.84. The molecule has 0 unspecified atom stereocenters. The third-order valence-electron chi connectivity index (χ3n) is 4.18. The summed E-state index contributed by atoms with van der Waals surface area (Å²) in [6, 6.07) is 16.5. The van der Waals surface area contributed by atoms with Gasteiger partial charge >= 0.3 is 5.63 Å². The van der Waals surface area contributed by atoms with Gasteiger partial charge in [-0.05, 0) is 29.8 Å². The van der Waals surface area contributed by atoms with Crippen LogP contribution < -0.4 is 16.1 Å². The van der Waals surface area contributed by atoms with Crippen molar-refractivity contribution in [3.05, 3.63) is 86.0 Å². The van der Waals surface area contributed by atoms with Crippen LogP contribution in [0.15, 0.2) is 73.7 Å². The Morgan fingerprint density at radius 3 is 2.56 bits per heavy atom. The number of halogens is 1. The third-order valence-corrected chi connectivity index (χ3v) is 4.71. The fraction of sp³-hybridized carbons (Fsp3) is 0.0526. The van der Waals surface area contributed by atoms with Crippen LogP contribution in [-0.4, -0.2) is 0 Å². The van der Waals surface area contributed by atoms with Crippen LogP contribution in [0.3, 0.4) is 0 Å². The zero-order valence-electron chi connectivity index (χ0n) is 12.8. The van der Waals surface area contributed by atoms with Crippen LogP contribution in [0, 0.1) is 11.3 Å². The second-order valence-electron chi connectivity index (χ2n) is 5.60. The van der Waals surface area contributed by atoms with Crippen LogP contribution in [0.4, 0.5) is 0 Å². The lowest BCUT2D eigenvalue weighted by Crippen LogP contribution is -2.26. The molecule has 5 nitrogen and oxygen atoms in total. The topological polar surface area (TPSA) is 89.3 Å². The summed E-state index contributed by atoms with van der Waals surface area (Å²) >= 11 is 3.39. The molecule has 122 valence electrons. The van der Waals surface area contributed by atoms with Crippen molar-refractivity contribution in [2.75, 3.05) is 0 Å². The van der Waals surface area contributed by atoms with Crippen molar-refractivity contribution in [2.45, 2.75) is 5.92 Å². The molecule has 3 aromatic rings. The summed E-state index contributed by atoms with van der Waals surface area (Å²) in [5, 5.41) is 10.2. The van der Waals surface area contributed by atoms with Crippen molar-refractivity contribution < 1.29 is 9.15 Å². The number of rotatable bonds is 1. The number of allylic oxidation sites excluding steroid dienone is 1. The summed E-state index contributed by atoms with van der Waals surface area (Å²) in [5.41, 5.74) is 7.10. The van der Waals surface area contributed by atoms with Gasteiger partial charge in [0.05, 0.1) is 16.9 Å². The minimum Gasteiger partial charge on any atom is -0.439 e. The highest BCUT2D eigenvalue weighted by atomic mass is 79.9. The fourth-order valence-corrected chi connectivity index (χ4v) is 3.32. The smallest absolute Gasteiger partial charge is 0.344 e. The first-order valence-corrected chi connectivity index (χ1v) is 8.28. The van der Waals surface area contributed by atoms with Gasteiger partial charge in [-0.3, -0.25) is 0 Å². The third kappa shape index (κ3) is 2.41. The van der Waals surface area contributed by atoms with E-state index >= 15 is 0 Å². The molecule has 1 aliphatic rings. The average Bonchev–Trinajstić information content (AvgIpc) is 2.61. The van der Waals surface area contributed by atoms with E-state index in [0.717, 1.165) is 10.0 Å². The minimum atomic E-state index is -0.636. The zero-order chi connectivity index (χ0) is 17.6. The molecule has 2 aromatic carbocycles. The number of fused-ring (bicyclic) bond motifs is 3. The standard InChI is InChI=1S/C19H11BrN2O3/c20-11-7-5-10(6-8-11)15-13(9-21)18(22)25-17-12-3-1-2-4-14(12)24-19(23)16(15)17/h1-8,15H,22H2/t15-/m1/s1. The van der Waals surface area contributed by atoms with Crippen molar-refractivity contribution in [2.24, 2.45) is 5.73 Å². The number of ether oxygens (including phenoxy) is 1. The fourth-order valence-electron chi connectivity index (χ4n) is 3.05. The first kappa shape index (κ1) is 15.5. The molecule has 4 rings (SSSR count). The molecule has 0 saturated carbocycles. The predicted molar refractivity (Wildman–Crippen MR) is 95.9 cm³/mol. The summed E-state index contributed by atoms with van der Waals surface area (Å²) < 4.78 is 12.0. The summed E-state index contributed by atoms with van der Waals surface area (Å²) in [6.07, 6.45) is 0. The summed E-state index contributed by atoms with van der Waals surface area (Å²) in [5.74, 6) is -0.294. The number of nitrogens with two attached hydrogens (primary N) is 1. The van der Waals surface area contributed by atoms with E-state index in [-0.39, 0.29) is 17.0 Å². The molecule has 0 spiro atoms. The van der Waals surface area contributed by atoms with Gasteiger partial charge in [0.15, 0.2) is 5.75 Å². The first-order chi connectivity index (χ1) is 12.1. The van der Waals surface area contributed by atoms with E-state index in [2.05, 4.69) is 22.0 Å². The van der Waals surface area contributed by atoms with Crippen LogP contribution in [0.1, 0.15) is 17.0 Å². The van der Waals surface area contributed by atoms with Crippen LogP contribution in [-0.2, 0) is 0 Å². The maximum Gasteiger partial charge on any atom is 0.344 e. The molecule has 0 fully saturated rings. The molecule has 6 heteroatoms. The van der Waals surface area contributed by atoms with Crippen molar-refractivity contribution in [3.63, 3.8) is 0 Å². The lowest BCUT2D eigenvalue weighted by Gasteiger charge is -2.25. The molecule has 0 radical (unpaired) electrons. The van der Waals surface area contributed by atoms with E-state index in [0.29, 0.717) is 16.7 Å². The average molecular weight is 395 g/mol. The SMILES string of the molecule is N#CC1=C(N)Oc2c(c(=O)oc3ccccc23)[C@@H]1c1ccc(Br)cc1. The molecule has 0 saturated heterocycles. The van der Waals surface area contributed by atoms with Gasteiger partial charge in [-0.25, -0.2) is 4.79 Å². The van der Waals surface area contributed by atoms with E-state index in [1.807, 2.05) is 30.3 Å². The number of nitriles is 1. The Bertz CT molecular complexity index is 1120. The second-order valence-corrected chi connectivity index (χ2v) is 6.52. The first-order valence-electron chi connectivity index (χ1n) is 7.49. The van der Waals surface area contributed by atoms with Crippen molar-refractivity contribution >= 4 is 26.9 Å². The molecule has 2 heterocycles. The Morgan fingerprint density at radius 2 is 1.84 bits per heavy atom. The normalized spacial score (nSPS) is 16.2. The van der Waals surface area contributed by atoms with Crippen LogP contribution in [0.2, 0.25) is 0 Å². The minimum absolute atomic E-state index is 0.00123. The molecule has 0 bridgehead atoms. The van der Waals surface area contributed by atoms with Crippen LogP contribution >= 0.6 is 15.9 Å². The number of hydrogen-bond donors (Lipinski definition) is 1. The van der Waals surface area contributed by atoms with Gasteiger partial charge in [-0.2, -0.15) is 5.26 Å². The van der Waals surface area contributed by atoms with Gasteiger partial charge in [0.1, 0.15) is 17.2 Å². The van der Waals surface area contributed by atoms with E-state index in [4.69, 9.17) is 14.9 Å². The number of hydrogen-bond acceptors (Lipinski definition) is 5. The van der Waals surface area contributed by atoms with E-state index in [1.54, 1.807) is 18.2 Å². The van der Waals surface area contributed by atoms with Gasteiger partial charge in [0, 0.05) is 4.47 Å². The highest BCUT2D eigenvalue weighted by Crippen LogP contribution is 2.43. The van der Waals surface area contributed by atoms with E-state index < -0.39 is 11.5 Å². The lowest BCUT2D eigenvalue weighted by molar-refractivity contribution is 0.388. The Kier molecular flexibility index (Phi) is 3.59. The molecule has 1 aromatic heterocycles. The highest BCUT2D eigenvalue weighted by Gasteiger charge is 2.35. The molecule has 1 aliphatic heterocycles. The molecular formula is C19H11BrN2O3. The second kappa shape index (κ2) is 5.80. The van der Waals surface area contributed by atoms with Crippen molar-refractivity contribution in [1.29, 1.82) is 5.26 Å². The molecule has 2 N–H and O–H groups in total. The zero-order valence-corrected chi connectivity index (χ0v) is 14.4. The largest absolute Gasteiger partial charge is 0.439 e. The van der Waals surface area contributed by atoms with Crippen molar-refractivity contribution in [3.8, 4) is 11.8 Å². The van der Waals surface area contributed by atoms with Crippen LogP contribution in [0.25, 0.3) is 11.0 Å². The van der Waals surface area contributed by atoms with Gasteiger partial charge < -0.3 is 14.9 Å². The maximum absolute atomic E-state index is 12.7. The number of para-hydroxylation sites is 1. The highest BCUT2D eigenvalue weighted by molar-refractivity contribution is 9.10. The monoisotopic (exact) mass is 394 g/mol. The molecule has 25 heavy (non-hydrogen) atoms. The number of benzene rings is 2. The Balaban J connectivity index is 2.08. The Labute approximate surface area is 151 Å². The Morgan fingerprint density at radius 1 is 1.12 bits per heavy atom. The van der Waals surface area contributed by atoms with E-state index in [9.17, 15) is 10.1 Å². The number of nitrogens with zero attached hydrogens (tertiary/aromatic N) is 1.